The van der Waals surface area contributed by atoms with E-state index in [0.29, 0.717) is 12.5 Å². The Morgan fingerprint density at radius 1 is 1.38 bits per heavy atom. The number of nitrogens with zero attached hydrogens (tertiary/aromatic N) is 1. The highest BCUT2D eigenvalue weighted by Gasteiger charge is 2.21. The number of benzene rings is 1. The van der Waals surface area contributed by atoms with Crippen LogP contribution in [0.4, 0.5) is 0 Å². The highest BCUT2D eigenvalue weighted by molar-refractivity contribution is 6.18. The molecule has 0 N–H and O–H groups in total. The van der Waals surface area contributed by atoms with Crippen molar-refractivity contribution in [2.24, 2.45) is 0 Å². The summed E-state index contributed by atoms with van der Waals surface area (Å²) in [6, 6.07) is 7.76. The Morgan fingerprint density at radius 3 is 2.88 bits per heavy atom. The van der Waals surface area contributed by atoms with Crippen LogP contribution in [0.5, 0.6) is 11.5 Å². The monoisotopic (exact) mass is 241 g/mol. The maximum Gasteiger partial charge on any atom is 0.161 e. The van der Waals surface area contributed by atoms with Gasteiger partial charge in [0, 0.05) is 19.0 Å². The van der Waals surface area contributed by atoms with Crippen molar-refractivity contribution in [2.75, 3.05) is 32.6 Å². The third kappa shape index (κ3) is 2.80. The molecule has 1 atom stereocenters. The fraction of sp³-hybridized carbons (Fsp3) is 0.500. The van der Waals surface area contributed by atoms with Gasteiger partial charge in [-0.3, -0.25) is 0 Å². The first-order valence-electron chi connectivity index (χ1n) is 5.42. The lowest BCUT2D eigenvalue weighted by Gasteiger charge is -2.29. The van der Waals surface area contributed by atoms with Crippen LogP contribution >= 0.6 is 11.6 Å². The molecule has 0 amide bonds. The van der Waals surface area contributed by atoms with Crippen LogP contribution in [0.3, 0.4) is 0 Å². The summed E-state index contributed by atoms with van der Waals surface area (Å²) in [6.45, 7) is 2.30. The summed E-state index contributed by atoms with van der Waals surface area (Å²) in [4.78, 5) is 2.15. The number of ether oxygens (including phenoxy) is 2. The Balaban J connectivity index is 1.92. The van der Waals surface area contributed by atoms with E-state index in [1.54, 1.807) is 0 Å². The molecule has 1 unspecified atom stereocenters. The van der Waals surface area contributed by atoms with E-state index in [2.05, 4.69) is 4.90 Å². The predicted molar refractivity (Wildman–Crippen MR) is 64.6 cm³/mol. The predicted octanol–water partition coefficient (Wildman–Crippen LogP) is 2.00. The highest BCUT2D eigenvalue weighted by Crippen LogP contribution is 2.30. The summed E-state index contributed by atoms with van der Waals surface area (Å²) in [5.41, 5.74) is 0. The number of likely N-dealkylation sites (N-methyl/N-ethyl adjacent to an activating group) is 1. The first kappa shape index (κ1) is 11.6. The molecule has 2 rings (SSSR count). The third-order valence-electron chi connectivity index (χ3n) is 2.55. The Hall–Kier alpha value is -0.930. The van der Waals surface area contributed by atoms with Crippen LogP contribution in [0.15, 0.2) is 24.3 Å². The standard InChI is InChI=1S/C12H16ClNO2/c1-14(7-6-13)8-10-9-15-11-4-2-3-5-12(11)16-10/h2-5,10H,6-9H2,1H3. The van der Waals surface area contributed by atoms with Gasteiger partial charge in [0.15, 0.2) is 11.5 Å². The Morgan fingerprint density at radius 2 is 2.12 bits per heavy atom. The SMILES string of the molecule is CN(CCCl)CC1COc2ccccc2O1. The van der Waals surface area contributed by atoms with Gasteiger partial charge in [-0.2, -0.15) is 0 Å². The summed E-state index contributed by atoms with van der Waals surface area (Å²) in [5.74, 6) is 2.30. The van der Waals surface area contributed by atoms with Gasteiger partial charge in [0.05, 0.1) is 0 Å². The molecule has 0 spiro atoms. The van der Waals surface area contributed by atoms with Crippen LogP contribution in [0, 0.1) is 0 Å². The topological polar surface area (TPSA) is 21.7 Å². The van der Waals surface area contributed by atoms with Crippen LogP contribution in [-0.4, -0.2) is 43.6 Å². The van der Waals surface area contributed by atoms with Gasteiger partial charge < -0.3 is 14.4 Å². The van der Waals surface area contributed by atoms with Crippen LogP contribution in [0.25, 0.3) is 0 Å². The second-order valence-electron chi connectivity index (χ2n) is 3.95. The summed E-state index contributed by atoms with van der Waals surface area (Å²) in [5, 5.41) is 0. The Labute approximate surface area is 101 Å². The fourth-order valence-electron chi connectivity index (χ4n) is 1.74. The number of alkyl halides is 1. The number of rotatable bonds is 4. The van der Waals surface area contributed by atoms with E-state index in [4.69, 9.17) is 21.1 Å². The van der Waals surface area contributed by atoms with E-state index < -0.39 is 0 Å². The van der Waals surface area contributed by atoms with Gasteiger partial charge in [-0.15, -0.1) is 11.6 Å². The van der Waals surface area contributed by atoms with Gasteiger partial charge in [0.25, 0.3) is 0 Å². The minimum atomic E-state index is 0.0862. The van der Waals surface area contributed by atoms with Gasteiger partial charge in [-0.1, -0.05) is 12.1 Å². The fourth-order valence-corrected chi connectivity index (χ4v) is 2.02. The smallest absolute Gasteiger partial charge is 0.161 e. The van der Waals surface area contributed by atoms with Crippen LogP contribution < -0.4 is 9.47 Å². The van der Waals surface area contributed by atoms with Gasteiger partial charge >= 0.3 is 0 Å². The molecule has 4 heteroatoms. The normalized spacial score (nSPS) is 18.8. The second kappa shape index (κ2) is 5.41. The van der Waals surface area contributed by atoms with Gasteiger partial charge in [-0.05, 0) is 19.2 Å². The average molecular weight is 242 g/mol. The lowest BCUT2D eigenvalue weighted by Crippen LogP contribution is -2.40. The molecule has 0 bridgehead atoms. The molecule has 0 saturated heterocycles. The minimum Gasteiger partial charge on any atom is -0.486 e. The number of hydrogen-bond donors (Lipinski definition) is 0. The number of fused-ring (bicyclic) bond motifs is 1. The zero-order valence-corrected chi connectivity index (χ0v) is 10.1. The molecule has 1 aliphatic heterocycles. The number of halogens is 1. The zero-order valence-electron chi connectivity index (χ0n) is 9.36. The lowest BCUT2D eigenvalue weighted by molar-refractivity contribution is 0.0669. The van der Waals surface area contributed by atoms with Crippen molar-refractivity contribution >= 4 is 11.6 Å². The molecule has 3 nitrogen and oxygen atoms in total. The minimum absolute atomic E-state index is 0.0862. The molecule has 1 aromatic rings. The molecular formula is C12H16ClNO2. The molecule has 16 heavy (non-hydrogen) atoms. The van der Waals surface area contributed by atoms with Crippen LogP contribution in [-0.2, 0) is 0 Å². The van der Waals surface area contributed by atoms with Crippen molar-refractivity contribution in [1.82, 2.24) is 4.90 Å². The largest absolute Gasteiger partial charge is 0.486 e. The summed E-state index contributed by atoms with van der Waals surface area (Å²) in [6.07, 6.45) is 0.0862. The van der Waals surface area contributed by atoms with Crippen LogP contribution in [0.1, 0.15) is 0 Å². The van der Waals surface area contributed by atoms with Gasteiger partial charge in [0.1, 0.15) is 12.7 Å². The molecule has 0 aliphatic carbocycles. The van der Waals surface area contributed by atoms with E-state index >= 15 is 0 Å². The highest BCUT2D eigenvalue weighted by atomic mass is 35.5. The molecule has 0 radical (unpaired) electrons. The van der Waals surface area contributed by atoms with E-state index in [9.17, 15) is 0 Å². The Bertz CT molecular complexity index is 346. The van der Waals surface area contributed by atoms with Crippen molar-refractivity contribution in [1.29, 1.82) is 0 Å². The lowest BCUT2D eigenvalue weighted by atomic mass is 10.2. The first-order chi connectivity index (χ1) is 7.79. The quantitative estimate of drug-likeness (QED) is 0.753. The molecule has 1 aromatic carbocycles. The summed E-state index contributed by atoms with van der Waals surface area (Å²) >= 11 is 5.68. The summed E-state index contributed by atoms with van der Waals surface area (Å²) < 4.78 is 11.5. The molecule has 0 fully saturated rings. The molecule has 88 valence electrons. The molecular weight excluding hydrogens is 226 g/mol. The van der Waals surface area contributed by atoms with Crippen molar-refractivity contribution in [3.05, 3.63) is 24.3 Å². The third-order valence-corrected chi connectivity index (χ3v) is 2.72. The molecule has 1 aliphatic rings. The maximum absolute atomic E-state index is 5.84. The average Bonchev–Trinajstić information content (AvgIpc) is 2.29. The van der Waals surface area contributed by atoms with Gasteiger partial charge in [0.2, 0.25) is 0 Å². The molecule has 1 heterocycles. The Kier molecular flexibility index (Phi) is 3.91. The van der Waals surface area contributed by atoms with E-state index in [0.717, 1.165) is 24.6 Å². The number of hydrogen-bond acceptors (Lipinski definition) is 3. The maximum atomic E-state index is 5.84. The van der Waals surface area contributed by atoms with Crippen molar-refractivity contribution < 1.29 is 9.47 Å². The van der Waals surface area contributed by atoms with Crippen LogP contribution in [0.2, 0.25) is 0 Å². The zero-order chi connectivity index (χ0) is 11.4. The van der Waals surface area contributed by atoms with Crippen molar-refractivity contribution in [3.63, 3.8) is 0 Å². The van der Waals surface area contributed by atoms with Crippen molar-refractivity contribution in [2.45, 2.75) is 6.10 Å². The molecule has 0 aromatic heterocycles. The second-order valence-corrected chi connectivity index (χ2v) is 4.33. The van der Waals surface area contributed by atoms with E-state index in [1.807, 2.05) is 31.3 Å². The van der Waals surface area contributed by atoms with Crippen molar-refractivity contribution in [3.8, 4) is 11.5 Å². The summed E-state index contributed by atoms with van der Waals surface area (Å²) in [7, 11) is 2.03. The van der Waals surface area contributed by atoms with E-state index in [1.165, 1.54) is 0 Å². The van der Waals surface area contributed by atoms with E-state index in [-0.39, 0.29) is 6.10 Å². The molecule has 0 saturated carbocycles. The van der Waals surface area contributed by atoms with Gasteiger partial charge in [-0.25, -0.2) is 0 Å². The first-order valence-corrected chi connectivity index (χ1v) is 5.96. The number of para-hydroxylation sites is 2.